The number of nitrogens with one attached hydrogen (secondary N) is 1. The molecule has 0 spiro atoms. The molecule has 0 saturated carbocycles. The lowest BCUT2D eigenvalue weighted by molar-refractivity contribution is -0.137. The van der Waals surface area contributed by atoms with Gasteiger partial charge in [0.05, 0.1) is 24.8 Å². The van der Waals surface area contributed by atoms with Crippen molar-refractivity contribution in [2.45, 2.75) is 37.9 Å². The maximum Gasteiger partial charge on any atom is 0.227 e. The van der Waals surface area contributed by atoms with Crippen LogP contribution in [0.3, 0.4) is 0 Å². The first-order chi connectivity index (χ1) is 10.3. The van der Waals surface area contributed by atoms with Gasteiger partial charge in [0.15, 0.2) is 0 Å². The molecule has 114 valence electrons. The fourth-order valence-corrected chi connectivity index (χ4v) is 3.49. The van der Waals surface area contributed by atoms with E-state index in [1.54, 1.807) is 13.3 Å². The minimum Gasteiger partial charge on any atom is -0.383 e. The zero-order chi connectivity index (χ0) is 14.7. The topological polar surface area (TPSA) is 54.5 Å². The Kier molecular flexibility index (Phi) is 4.51. The summed E-state index contributed by atoms with van der Waals surface area (Å²) in [5, 5.41) is 3.54. The Balaban J connectivity index is 1.68. The summed E-state index contributed by atoms with van der Waals surface area (Å²) in [6, 6.07) is 6.73. The highest BCUT2D eigenvalue weighted by Crippen LogP contribution is 2.34. The van der Waals surface area contributed by atoms with Gasteiger partial charge >= 0.3 is 0 Å². The molecule has 0 aromatic carbocycles. The lowest BCUT2D eigenvalue weighted by Gasteiger charge is -2.28. The molecule has 1 N–H and O–H groups in total. The molecule has 2 saturated heterocycles. The molecule has 5 nitrogen and oxygen atoms in total. The van der Waals surface area contributed by atoms with E-state index in [1.165, 1.54) is 6.42 Å². The van der Waals surface area contributed by atoms with E-state index in [9.17, 15) is 4.79 Å². The van der Waals surface area contributed by atoms with Crippen molar-refractivity contribution in [1.82, 2.24) is 15.2 Å². The van der Waals surface area contributed by atoms with Crippen molar-refractivity contribution in [2.24, 2.45) is 5.92 Å². The molecule has 3 rings (SSSR count). The van der Waals surface area contributed by atoms with Crippen LogP contribution in [0.1, 0.15) is 25.0 Å². The van der Waals surface area contributed by atoms with Crippen molar-refractivity contribution in [3.05, 3.63) is 30.1 Å². The third-order valence-corrected chi connectivity index (χ3v) is 4.57. The highest BCUT2D eigenvalue weighted by Gasteiger charge is 2.44. The first-order valence-electron chi connectivity index (χ1n) is 7.71. The molecule has 2 bridgehead atoms. The Labute approximate surface area is 125 Å². The highest BCUT2D eigenvalue weighted by molar-refractivity contribution is 5.80. The highest BCUT2D eigenvalue weighted by atomic mass is 16.5. The van der Waals surface area contributed by atoms with Gasteiger partial charge in [-0.25, -0.2) is 0 Å². The number of methoxy groups -OCH3 is 1. The molecule has 1 amide bonds. The third kappa shape index (κ3) is 3.24. The van der Waals surface area contributed by atoms with Crippen molar-refractivity contribution < 1.29 is 9.53 Å². The summed E-state index contributed by atoms with van der Waals surface area (Å²) in [6.07, 6.45) is 5.10. The standard InChI is InChI=1S/C16H23N3O2/c1-21-9-8-19(11-13-4-2-3-7-17-13)16(20)14-10-12-5-6-15(14)18-12/h2-4,7,12,14-15,18H,5-6,8-11H2,1H3. The first kappa shape index (κ1) is 14.5. The molecule has 2 aliphatic rings. The van der Waals surface area contributed by atoms with Crippen LogP contribution in [0.25, 0.3) is 0 Å². The van der Waals surface area contributed by atoms with E-state index in [2.05, 4.69) is 10.3 Å². The number of rotatable bonds is 6. The number of carbonyl (C=O) groups excluding carboxylic acids is 1. The lowest BCUT2D eigenvalue weighted by Crippen LogP contribution is -2.42. The Hall–Kier alpha value is -1.46. The first-order valence-corrected chi connectivity index (χ1v) is 7.71. The average Bonchev–Trinajstić information content (AvgIpc) is 3.14. The van der Waals surface area contributed by atoms with E-state index in [-0.39, 0.29) is 11.8 Å². The van der Waals surface area contributed by atoms with Gasteiger partial charge in [0, 0.05) is 31.9 Å². The molecular formula is C16H23N3O2. The third-order valence-electron chi connectivity index (χ3n) is 4.57. The van der Waals surface area contributed by atoms with Crippen LogP contribution in [0.2, 0.25) is 0 Å². The van der Waals surface area contributed by atoms with Crippen LogP contribution in [0.4, 0.5) is 0 Å². The summed E-state index contributed by atoms with van der Waals surface area (Å²) in [5.41, 5.74) is 0.929. The van der Waals surface area contributed by atoms with Crippen molar-refractivity contribution in [2.75, 3.05) is 20.3 Å². The number of pyridine rings is 1. The van der Waals surface area contributed by atoms with Gasteiger partial charge in [-0.15, -0.1) is 0 Å². The van der Waals surface area contributed by atoms with Gasteiger partial charge in [0.2, 0.25) is 5.91 Å². The molecule has 3 heterocycles. The Morgan fingerprint density at radius 1 is 1.48 bits per heavy atom. The van der Waals surface area contributed by atoms with Crippen molar-refractivity contribution in [3.63, 3.8) is 0 Å². The number of amides is 1. The summed E-state index contributed by atoms with van der Waals surface area (Å²) in [7, 11) is 1.67. The minimum atomic E-state index is 0.129. The van der Waals surface area contributed by atoms with E-state index in [0.717, 1.165) is 18.5 Å². The number of fused-ring (bicyclic) bond motifs is 2. The van der Waals surface area contributed by atoms with Gasteiger partial charge in [0.1, 0.15) is 0 Å². The number of hydrogen-bond acceptors (Lipinski definition) is 4. The molecule has 3 atom stereocenters. The van der Waals surface area contributed by atoms with E-state index in [0.29, 0.717) is 31.8 Å². The molecular weight excluding hydrogens is 266 g/mol. The second-order valence-corrected chi connectivity index (χ2v) is 5.96. The Morgan fingerprint density at radius 2 is 2.38 bits per heavy atom. The quantitative estimate of drug-likeness (QED) is 0.855. The largest absolute Gasteiger partial charge is 0.383 e. The van der Waals surface area contributed by atoms with Gasteiger partial charge in [-0.3, -0.25) is 9.78 Å². The van der Waals surface area contributed by atoms with E-state index in [4.69, 9.17) is 4.74 Å². The average molecular weight is 289 g/mol. The summed E-state index contributed by atoms with van der Waals surface area (Å²) in [4.78, 5) is 19.1. The number of aromatic nitrogens is 1. The molecule has 1 aromatic heterocycles. The fraction of sp³-hybridized carbons (Fsp3) is 0.625. The second kappa shape index (κ2) is 6.54. The van der Waals surface area contributed by atoms with Gasteiger partial charge < -0.3 is 15.0 Å². The Bertz CT molecular complexity index is 480. The van der Waals surface area contributed by atoms with Crippen LogP contribution in [-0.2, 0) is 16.1 Å². The number of ether oxygens (including phenoxy) is 1. The van der Waals surface area contributed by atoms with E-state index < -0.39 is 0 Å². The molecule has 1 aromatic rings. The minimum absolute atomic E-state index is 0.129. The Morgan fingerprint density at radius 3 is 3.00 bits per heavy atom. The van der Waals surface area contributed by atoms with Gasteiger partial charge in [-0.05, 0) is 31.4 Å². The maximum absolute atomic E-state index is 12.8. The monoisotopic (exact) mass is 289 g/mol. The van der Waals surface area contributed by atoms with E-state index >= 15 is 0 Å². The summed E-state index contributed by atoms with van der Waals surface area (Å²) in [6.45, 7) is 1.75. The van der Waals surface area contributed by atoms with Crippen molar-refractivity contribution in [3.8, 4) is 0 Å². The maximum atomic E-state index is 12.8. The molecule has 2 fully saturated rings. The molecule has 3 unspecified atom stereocenters. The predicted molar refractivity (Wildman–Crippen MR) is 79.6 cm³/mol. The van der Waals surface area contributed by atoms with Crippen LogP contribution in [0.5, 0.6) is 0 Å². The van der Waals surface area contributed by atoms with Crippen LogP contribution >= 0.6 is 0 Å². The molecule has 5 heteroatoms. The number of hydrogen-bond donors (Lipinski definition) is 1. The molecule has 2 aliphatic heterocycles. The van der Waals surface area contributed by atoms with Crippen molar-refractivity contribution in [1.29, 1.82) is 0 Å². The summed E-state index contributed by atoms with van der Waals surface area (Å²) in [5.74, 6) is 0.377. The molecule has 21 heavy (non-hydrogen) atoms. The van der Waals surface area contributed by atoms with E-state index in [1.807, 2.05) is 23.1 Å². The van der Waals surface area contributed by atoms with Gasteiger partial charge in [-0.2, -0.15) is 0 Å². The van der Waals surface area contributed by atoms with Crippen LogP contribution in [0.15, 0.2) is 24.4 Å². The summed E-state index contributed by atoms with van der Waals surface area (Å²) < 4.78 is 5.15. The molecule has 0 aliphatic carbocycles. The van der Waals surface area contributed by atoms with Crippen LogP contribution in [-0.4, -0.2) is 48.1 Å². The summed E-state index contributed by atoms with van der Waals surface area (Å²) >= 11 is 0. The smallest absolute Gasteiger partial charge is 0.227 e. The van der Waals surface area contributed by atoms with Crippen molar-refractivity contribution >= 4 is 5.91 Å². The number of nitrogens with zero attached hydrogens (tertiary/aromatic N) is 2. The fourth-order valence-electron chi connectivity index (χ4n) is 3.49. The number of carbonyl (C=O) groups is 1. The van der Waals surface area contributed by atoms with Gasteiger partial charge in [0.25, 0.3) is 0 Å². The second-order valence-electron chi connectivity index (χ2n) is 5.96. The molecule has 0 radical (unpaired) electrons. The normalized spacial score (nSPS) is 27.0. The SMILES string of the molecule is COCCN(Cc1ccccn1)C(=O)C1CC2CCC1N2. The zero-order valence-corrected chi connectivity index (χ0v) is 12.5. The lowest BCUT2D eigenvalue weighted by atomic mass is 9.88. The van der Waals surface area contributed by atoms with Gasteiger partial charge in [-0.1, -0.05) is 6.07 Å². The van der Waals surface area contributed by atoms with Crippen LogP contribution < -0.4 is 5.32 Å². The zero-order valence-electron chi connectivity index (χ0n) is 12.5. The van der Waals surface area contributed by atoms with Crippen LogP contribution in [0, 0.1) is 5.92 Å². The predicted octanol–water partition coefficient (Wildman–Crippen LogP) is 1.20.